The van der Waals surface area contributed by atoms with Gasteiger partial charge >= 0.3 is 0 Å². The molecule has 0 aliphatic carbocycles. The molecule has 1 aromatic rings. The average Bonchev–Trinajstić information content (AvgIpc) is 2.40. The van der Waals surface area contributed by atoms with E-state index in [1.54, 1.807) is 12.1 Å². The summed E-state index contributed by atoms with van der Waals surface area (Å²) in [7, 11) is 0. The van der Waals surface area contributed by atoms with Crippen LogP contribution in [0.1, 0.15) is 10.4 Å². The minimum atomic E-state index is -0.0345. The maximum Gasteiger partial charge on any atom is 0.251 e. The maximum atomic E-state index is 11.8. The molecule has 0 aromatic heterocycles. The van der Waals surface area contributed by atoms with Gasteiger partial charge in [0, 0.05) is 31.7 Å². The van der Waals surface area contributed by atoms with Crippen molar-refractivity contribution in [3.05, 3.63) is 61.2 Å². The van der Waals surface area contributed by atoms with Gasteiger partial charge in [-0.2, -0.15) is 0 Å². The minimum Gasteiger partial charge on any atom is -0.351 e. The van der Waals surface area contributed by atoms with Crippen LogP contribution in [0.4, 0.5) is 0 Å². The van der Waals surface area contributed by atoms with Gasteiger partial charge in [0.25, 0.3) is 5.91 Å². The summed E-state index contributed by atoms with van der Waals surface area (Å²) >= 11 is 0. The number of hydrogen-bond acceptors (Lipinski definition) is 2. The van der Waals surface area contributed by atoms with Crippen LogP contribution >= 0.6 is 0 Å². The standard InChI is InChI=1S/C15H20N2O/c1-3-11-17(12-4-2)13-10-16-15(18)14-8-6-5-7-9-14/h3-9H,1-2,10-13H2,(H,16,18). The third-order valence-corrected chi connectivity index (χ3v) is 2.52. The van der Waals surface area contributed by atoms with Crippen LogP contribution in [-0.2, 0) is 0 Å². The molecule has 0 aliphatic heterocycles. The van der Waals surface area contributed by atoms with Gasteiger partial charge in [-0.15, -0.1) is 13.2 Å². The zero-order valence-electron chi connectivity index (χ0n) is 10.6. The molecule has 18 heavy (non-hydrogen) atoms. The van der Waals surface area contributed by atoms with E-state index in [2.05, 4.69) is 23.4 Å². The van der Waals surface area contributed by atoms with Crippen LogP contribution in [0.2, 0.25) is 0 Å². The van der Waals surface area contributed by atoms with Gasteiger partial charge in [-0.1, -0.05) is 30.4 Å². The third kappa shape index (κ3) is 4.97. The summed E-state index contributed by atoms with van der Waals surface area (Å²) < 4.78 is 0. The first-order valence-electron chi connectivity index (χ1n) is 6.05. The van der Waals surface area contributed by atoms with Crippen LogP contribution in [0, 0.1) is 0 Å². The van der Waals surface area contributed by atoms with E-state index in [-0.39, 0.29) is 5.91 Å². The van der Waals surface area contributed by atoms with Gasteiger partial charge in [-0.05, 0) is 12.1 Å². The van der Waals surface area contributed by atoms with Gasteiger partial charge in [0.2, 0.25) is 0 Å². The summed E-state index contributed by atoms with van der Waals surface area (Å²) in [4.78, 5) is 13.9. The lowest BCUT2D eigenvalue weighted by Gasteiger charge is -2.18. The number of benzene rings is 1. The molecule has 0 saturated carbocycles. The Morgan fingerprint density at radius 2 is 1.78 bits per heavy atom. The van der Waals surface area contributed by atoms with Gasteiger partial charge < -0.3 is 5.32 Å². The van der Waals surface area contributed by atoms with E-state index in [0.29, 0.717) is 12.1 Å². The fourth-order valence-electron chi connectivity index (χ4n) is 1.64. The van der Waals surface area contributed by atoms with E-state index in [9.17, 15) is 4.79 Å². The van der Waals surface area contributed by atoms with Crippen molar-refractivity contribution in [3.63, 3.8) is 0 Å². The molecule has 0 bridgehead atoms. The quantitative estimate of drug-likeness (QED) is 0.710. The number of rotatable bonds is 8. The van der Waals surface area contributed by atoms with Crippen molar-refractivity contribution < 1.29 is 4.79 Å². The molecule has 0 radical (unpaired) electrons. The van der Waals surface area contributed by atoms with E-state index in [1.807, 2.05) is 30.4 Å². The van der Waals surface area contributed by atoms with Crippen molar-refractivity contribution in [2.24, 2.45) is 0 Å². The molecule has 1 amide bonds. The second kappa shape index (κ2) is 8.25. The van der Waals surface area contributed by atoms with E-state index in [1.165, 1.54) is 0 Å². The predicted octanol–water partition coefficient (Wildman–Crippen LogP) is 2.09. The molecular weight excluding hydrogens is 224 g/mol. The first kappa shape index (κ1) is 14.2. The third-order valence-electron chi connectivity index (χ3n) is 2.52. The lowest BCUT2D eigenvalue weighted by atomic mass is 10.2. The molecule has 0 unspecified atom stereocenters. The first-order valence-corrected chi connectivity index (χ1v) is 6.05. The molecule has 0 heterocycles. The van der Waals surface area contributed by atoms with Gasteiger partial charge in [-0.25, -0.2) is 0 Å². The summed E-state index contributed by atoms with van der Waals surface area (Å²) in [5.74, 6) is -0.0345. The number of carbonyl (C=O) groups excluding carboxylic acids is 1. The van der Waals surface area contributed by atoms with Gasteiger partial charge in [0.05, 0.1) is 0 Å². The highest BCUT2D eigenvalue weighted by Crippen LogP contribution is 1.97. The maximum absolute atomic E-state index is 11.8. The van der Waals surface area contributed by atoms with Crippen molar-refractivity contribution >= 4 is 5.91 Å². The van der Waals surface area contributed by atoms with Gasteiger partial charge in [-0.3, -0.25) is 9.69 Å². The Bertz CT molecular complexity index is 377. The highest BCUT2D eigenvalue weighted by atomic mass is 16.1. The Balaban J connectivity index is 2.34. The van der Waals surface area contributed by atoms with E-state index >= 15 is 0 Å². The molecule has 1 rings (SSSR count). The van der Waals surface area contributed by atoms with Crippen molar-refractivity contribution in [2.75, 3.05) is 26.2 Å². The molecule has 0 atom stereocenters. The SMILES string of the molecule is C=CCN(CC=C)CCNC(=O)c1ccccc1. The molecule has 3 heteroatoms. The Morgan fingerprint density at radius 3 is 2.33 bits per heavy atom. The number of nitrogens with one attached hydrogen (secondary N) is 1. The second-order valence-corrected chi connectivity index (χ2v) is 3.96. The topological polar surface area (TPSA) is 32.3 Å². The molecule has 3 nitrogen and oxygen atoms in total. The first-order chi connectivity index (χ1) is 8.77. The van der Waals surface area contributed by atoms with Crippen LogP contribution < -0.4 is 5.32 Å². The fraction of sp³-hybridized carbons (Fsp3) is 0.267. The summed E-state index contributed by atoms with van der Waals surface area (Å²) in [6, 6.07) is 9.22. The Hall–Kier alpha value is -1.87. The summed E-state index contributed by atoms with van der Waals surface area (Å²) in [6.45, 7) is 10.4. The van der Waals surface area contributed by atoms with Gasteiger partial charge in [0.15, 0.2) is 0 Å². The van der Waals surface area contributed by atoms with Crippen molar-refractivity contribution in [2.45, 2.75) is 0 Å². The highest BCUT2D eigenvalue weighted by molar-refractivity contribution is 5.94. The Morgan fingerprint density at radius 1 is 1.17 bits per heavy atom. The minimum absolute atomic E-state index is 0.0345. The number of amides is 1. The van der Waals surface area contributed by atoms with E-state index in [4.69, 9.17) is 0 Å². The molecule has 1 N–H and O–H groups in total. The van der Waals surface area contributed by atoms with Crippen molar-refractivity contribution in [1.82, 2.24) is 10.2 Å². The molecule has 96 valence electrons. The molecule has 0 spiro atoms. The van der Waals surface area contributed by atoms with Gasteiger partial charge in [0.1, 0.15) is 0 Å². The summed E-state index contributed by atoms with van der Waals surface area (Å²) in [5, 5.41) is 2.90. The molecule has 1 aromatic carbocycles. The van der Waals surface area contributed by atoms with Crippen LogP contribution in [0.5, 0.6) is 0 Å². The largest absolute Gasteiger partial charge is 0.351 e. The smallest absolute Gasteiger partial charge is 0.251 e. The van der Waals surface area contributed by atoms with Crippen molar-refractivity contribution in [3.8, 4) is 0 Å². The highest BCUT2D eigenvalue weighted by Gasteiger charge is 2.05. The zero-order chi connectivity index (χ0) is 13.2. The van der Waals surface area contributed by atoms with E-state index in [0.717, 1.165) is 19.6 Å². The number of hydrogen-bond donors (Lipinski definition) is 1. The normalized spacial score (nSPS) is 10.1. The lowest BCUT2D eigenvalue weighted by Crippen LogP contribution is -2.35. The van der Waals surface area contributed by atoms with Crippen LogP contribution in [0.15, 0.2) is 55.6 Å². The monoisotopic (exact) mass is 244 g/mol. The second-order valence-electron chi connectivity index (χ2n) is 3.96. The Labute approximate surface area is 109 Å². The molecular formula is C15H20N2O. The number of carbonyl (C=O) groups is 1. The van der Waals surface area contributed by atoms with E-state index < -0.39 is 0 Å². The molecule has 0 saturated heterocycles. The zero-order valence-corrected chi connectivity index (χ0v) is 10.6. The lowest BCUT2D eigenvalue weighted by molar-refractivity contribution is 0.0949. The predicted molar refractivity (Wildman–Crippen MR) is 75.6 cm³/mol. The fourth-order valence-corrected chi connectivity index (χ4v) is 1.64. The Kier molecular flexibility index (Phi) is 6.51. The summed E-state index contributed by atoms with van der Waals surface area (Å²) in [6.07, 6.45) is 3.70. The average molecular weight is 244 g/mol. The number of nitrogens with zero attached hydrogens (tertiary/aromatic N) is 1. The summed E-state index contributed by atoms with van der Waals surface area (Å²) in [5.41, 5.74) is 0.691. The van der Waals surface area contributed by atoms with Crippen molar-refractivity contribution in [1.29, 1.82) is 0 Å². The van der Waals surface area contributed by atoms with Crippen LogP contribution in [-0.4, -0.2) is 37.0 Å². The molecule has 0 aliphatic rings. The molecule has 0 fully saturated rings. The van der Waals surface area contributed by atoms with Crippen LogP contribution in [0.3, 0.4) is 0 Å². The van der Waals surface area contributed by atoms with Crippen LogP contribution in [0.25, 0.3) is 0 Å².